The zero-order chi connectivity index (χ0) is 17.9. The molecule has 2 aliphatic heterocycles. The molecule has 2 heterocycles. The number of halogens is 1. The zero-order valence-corrected chi connectivity index (χ0v) is 15.2. The average molecular weight is 373 g/mol. The number of piperazine rings is 1. The third kappa shape index (κ3) is 3.79. The van der Waals surface area contributed by atoms with E-state index in [1.165, 1.54) is 5.56 Å². The zero-order valence-electron chi connectivity index (χ0n) is 14.4. The Morgan fingerprint density at radius 3 is 2.58 bits per heavy atom. The van der Waals surface area contributed by atoms with Crippen molar-refractivity contribution >= 4 is 17.5 Å². The number of benzene rings is 2. The largest absolute Gasteiger partial charge is 0.485 e. The van der Waals surface area contributed by atoms with Crippen LogP contribution in [0.2, 0.25) is 5.02 Å². The summed E-state index contributed by atoms with van der Waals surface area (Å²) in [6.07, 6.45) is -0.565. The molecule has 0 bridgehead atoms. The van der Waals surface area contributed by atoms with Crippen LogP contribution >= 0.6 is 11.6 Å². The predicted octanol–water partition coefficient (Wildman–Crippen LogP) is 2.82. The molecular weight excluding hydrogens is 352 g/mol. The maximum absolute atomic E-state index is 12.8. The van der Waals surface area contributed by atoms with Crippen LogP contribution in [0.15, 0.2) is 48.5 Å². The van der Waals surface area contributed by atoms with Gasteiger partial charge in [-0.2, -0.15) is 0 Å². The van der Waals surface area contributed by atoms with Crippen molar-refractivity contribution in [3.63, 3.8) is 0 Å². The van der Waals surface area contributed by atoms with Gasteiger partial charge in [-0.15, -0.1) is 0 Å². The first kappa shape index (κ1) is 17.2. The third-order valence-electron chi connectivity index (χ3n) is 4.76. The van der Waals surface area contributed by atoms with Crippen molar-refractivity contribution < 1.29 is 14.3 Å². The molecular formula is C20H21ClN2O3. The fraction of sp³-hybridized carbons (Fsp3) is 0.350. The fourth-order valence-electron chi connectivity index (χ4n) is 3.36. The minimum Gasteiger partial charge on any atom is -0.485 e. The molecule has 2 aromatic rings. The minimum atomic E-state index is -0.565. The molecule has 0 spiro atoms. The van der Waals surface area contributed by atoms with E-state index in [1.54, 1.807) is 0 Å². The van der Waals surface area contributed by atoms with Crippen molar-refractivity contribution in [3.05, 3.63) is 59.1 Å². The molecule has 0 unspecified atom stereocenters. The second kappa shape index (κ2) is 7.56. The Bertz CT molecular complexity index is 790. The number of rotatable bonds is 3. The molecule has 0 saturated carbocycles. The monoisotopic (exact) mass is 372 g/mol. The lowest BCUT2D eigenvalue weighted by atomic mass is 10.2. The van der Waals surface area contributed by atoms with Gasteiger partial charge >= 0.3 is 0 Å². The standard InChI is InChI=1S/C20H21ClN2O3/c21-16-5-3-4-15(12-16)13-22-8-10-23(11-9-22)20(24)19-14-25-17-6-1-2-7-18(17)26-19/h1-7,12,19H,8-11,13-14H2/t19-/m0/s1. The summed E-state index contributed by atoms with van der Waals surface area (Å²) in [4.78, 5) is 17.0. The molecule has 2 aliphatic rings. The number of carbonyl (C=O) groups is 1. The van der Waals surface area contributed by atoms with Gasteiger partial charge in [0.2, 0.25) is 6.10 Å². The van der Waals surface area contributed by atoms with Crippen molar-refractivity contribution in [2.24, 2.45) is 0 Å². The van der Waals surface area contributed by atoms with Crippen LogP contribution < -0.4 is 9.47 Å². The van der Waals surface area contributed by atoms with E-state index in [1.807, 2.05) is 47.4 Å². The van der Waals surface area contributed by atoms with Crippen molar-refractivity contribution in [2.75, 3.05) is 32.8 Å². The highest BCUT2D eigenvalue weighted by atomic mass is 35.5. The molecule has 4 rings (SSSR count). The van der Waals surface area contributed by atoms with Crippen LogP contribution in [0.25, 0.3) is 0 Å². The molecule has 1 amide bonds. The number of ether oxygens (including phenoxy) is 2. The minimum absolute atomic E-state index is 0.00177. The van der Waals surface area contributed by atoms with Crippen LogP contribution in [-0.4, -0.2) is 54.6 Å². The van der Waals surface area contributed by atoms with Crippen LogP contribution in [0, 0.1) is 0 Å². The molecule has 1 fully saturated rings. The molecule has 0 radical (unpaired) electrons. The number of nitrogens with zero attached hydrogens (tertiary/aromatic N) is 2. The molecule has 0 N–H and O–H groups in total. The number of carbonyl (C=O) groups excluding carboxylic acids is 1. The maximum Gasteiger partial charge on any atom is 0.267 e. The SMILES string of the molecule is O=C([C@@H]1COc2ccccc2O1)N1CCN(Cc2cccc(Cl)c2)CC1. The van der Waals surface area contributed by atoms with Gasteiger partial charge in [0.15, 0.2) is 11.5 Å². The second-order valence-electron chi connectivity index (χ2n) is 6.60. The van der Waals surface area contributed by atoms with Crippen molar-refractivity contribution in [1.29, 1.82) is 0 Å². The highest BCUT2D eigenvalue weighted by Crippen LogP contribution is 2.31. The molecule has 5 nitrogen and oxygen atoms in total. The molecule has 6 heteroatoms. The summed E-state index contributed by atoms with van der Waals surface area (Å²) in [5.41, 5.74) is 1.19. The van der Waals surface area contributed by atoms with Gasteiger partial charge in [-0.3, -0.25) is 9.69 Å². The molecule has 1 saturated heterocycles. The van der Waals surface area contributed by atoms with Crippen molar-refractivity contribution in [1.82, 2.24) is 9.80 Å². The lowest BCUT2D eigenvalue weighted by Gasteiger charge is -2.37. The summed E-state index contributed by atoms with van der Waals surface area (Å²) >= 11 is 6.05. The summed E-state index contributed by atoms with van der Waals surface area (Å²) < 4.78 is 11.5. The Morgan fingerprint density at radius 2 is 1.81 bits per heavy atom. The number of hydrogen-bond donors (Lipinski definition) is 0. The normalized spacial score (nSPS) is 20.0. The topological polar surface area (TPSA) is 42.0 Å². The molecule has 136 valence electrons. The van der Waals surface area contributed by atoms with Crippen LogP contribution in [0.3, 0.4) is 0 Å². The second-order valence-corrected chi connectivity index (χ2v) is 7.03. The van der Waals surface area contributed by atoms with E-state index in [0.717, 1.165) is 24.7 Å². The van der Waals surface area contributed by atoms with Crippen LogP contribution in [-0.2, 0) is 11.3 Å². The Balaban J connectivity index is 1.31. The van der Waals surface area contributed by atoms with Crippen LogP contribution in [0.1, 0.15) is 5.56 Å². The first-order valence-corrected chi connectivity index (χ1v) is 9.21. The summed E-state index contributed by atoms with van der Waals surface area (Å²) in [5.74, 6) is 1.33. The van der Waals surface area contributed by atoms with Gasteiger partial charge < -0.3 is 14.4 Å². The average Bonchev–Trinajstić information content (AvgIpc) is 2.68. The van der Waals surface area contributed by atoms with Gasteiger partial charge in [0.25, 0.3) is 5.91 Å². The molecule has 1 atom stereocenters. The number of amides is 1. The van der Waals surface area contributed by atoms with E-state index in [9.17, 15) is 4.79 Å². The summed E-state index contributed by atoms with van der Waals surface area (Å²) in [6.45, 7) is 4.17. The highest BCUT2D eigenvalue weighted by Gasteiger charge is 2.32. The van der Waals surface area contributed by atoms with Crippen molar-refractivity contribution in [2.45, 2.75) is 12.6 Å². The lowest BCUT2D eigenvalue weighted by molar-refractivity contribution is -0.143. The van der Waals surface area contributed by atoms with Crippen LogP contribution in [0.5, 0.6) is 11.5 Å². The first-order valence-electron chi connectivity index (χ1n) is 8.83. The smallest absolute Gasteiger partial charge is 0.267 e. The van der Waals surface area contributed by atoms with E-state index in [2.05, 4.69) is 11.0 Å². The third-order valence-corrected chi connectivity index (χ3v) is 5.00. The number of fused-ring (bicyclic) bond motifs is 1. The van der Waals surface area contributed by atoms with Gasteiger partial charge in [-0.05, 0) is 29.8 Å². The van der Waals surface area contributed by atoms with Gasteiger partial charge in [0.1, 0.15) is 6.61 Å². The summed E-state index contributed by atoms with van der Waals surface area (Å²) in [6, 6.07) is 15.4. The van der Waals surface area contributed by atoms with Gasteiger partial charge in [-0.1, -0.05) is 35.9 Å². The van der Waals surface area contributed by atoms with E-state index in [-0.39, 0.29) is 12.5 Å². The molecule has 0 aliphatic carbocycles. The predicted molar refractivity (Wildman–Crippen MR) is 99.7 cm³/mol. The van der Waals surface area contributed by atoms with Gasteiger partial charge in [-0.25, -0.2) is 0 Å². The fourth-order valence-corrected chi connectivity index (χ4v) is 3.58. The Kier molecular flexibility index (Phi) is 5.00. The number of hydrogen-bond acceptors (Lipinski definition) is 4. The van der Waals surface area contributed by atoms with E-state index < -0.39 is 6.10 Å². The van der Waals surface area contributed by atoms with E-state index >= 15 is 0 Å². The van der Waals surface area contributed by atoms with Gasteiger partial charge in [0, 0.05) is 37.7 Å². The van der Waals surface area contributed by atoms with Crippen LogP contribution in [0.4, 0.5) is 0 Å². The van der Waals surface area contributed by atoms with Gasteiger partial charge in [0.05, 0.1) is 0 Å². The molecule has 0 aromatic heterocycles. The highest BCUT2D eigenvalue weighted by molar-refractivity contribution is 6.30. The Morgan fingerprint density at radius 1 is 1.04 bits per heavy atom. The van der Waals surface area contributed by atoms with E-state index in [0.29, 0.717) is 24.6 Å². The Labute approximate surface area is 158 Å². The molecule has 2 aromatic carbocycles. The summed E-state index contributed by atoms with van der Waals surface area (Å²) in [5, 5.41) is 0.756. The van der Waals surface area contributed by atoms with E-state index in [4.69, 9.17) is 21.1 Å². The Hall–Kier alpha value is -2.24. The molecule has 26 heavy (non-hydrogen) atoms. The first-order chi connectivity index (χ1) is 12.7. The number of para-hydroxylation sites is 2. The quantitative estimate of drug-likeness (QED) is 0.830. The van der Waals surface area contributed by atoms with Crippen molar-refractivity contribution in [3.8, 4) is 11.5 Å². The summed E-state index contributed by atoms with van der Waals surface area (Å²) in [7, 11) is 0. The lowest BCUT2D eigenvalue weighted by Crippen LogP contribution is -2.53. The maximum atomic E-state index is 12.8.